The van der Waals surface area contributed by atoms with Crippen LogP contribution in [0.25, 0.3) is 11.3 Å². The zero-order valence-electron chi connectivity index (χ0n) is 12.0. The van der Waals surface area contributed by atoms with Crippen LogP contribution < -0.4 is 0 Å². The minimum atomic E-state index is -0.729. The fourth-order valence-corrected chi connectivity index (χ4v) is 2.71. The summed E-state index contributed by atoms with van der Waals surface area (Å²) < 4.78 is 5.14. The lowest BCUT2D eigenvalue weighted by Gasteiger charge is -2.46. The second kappa shape index (κ2) is 5.33. The lowest BCUT2D eigenvalue weighted by Crippen LogP contribution is -2.63. The van der Waals surface area contributed by atoms with Crippen LogP contribution in [0.4, 0.5) is 0 Å². The fourth-order valence-electron chi connectivity index (χ4n) is 2.71. The second-order valence-electron chi connectivity index (χ2n) is 5.58. The Hall–Kier alpha value is -2.14. The molecule has 2 heterocycles. The van der Waals surface area contributed by atoms with E-state index in [2.05, 4.69) is 5.16 Å². The standard InChI is InChI=1S/C16H18N2O3/c1-2-8-16(20)10-18(11-16)15(19)14-9-13(17-21-14)12-6-4-3-5-7-12/h3-7,9,20H,2,8,10-11H2,1H3. The van der Waals surface area contributed by atoms with Gasteiger partial charge in [-0.3, -0.25) is 4.79 Å². The zero-order chi connectivity index (χ0) is 14.9. The summed E-state index contributed by atoms with van der Waals surface area (Å²) in [6.07, 6.45) is 1.61. The van der Waals surface area contributed by atoms with Crippen LogP contribution in [-0.4, -0.2) is 39.8 Å². The van der Waals surface area contributed by atoms with Gasteiger partial charge < -0.3 is 14.5 Å². The Morgan fingerprint density at radius 1 is 1.38 bits per heavy atom. The molecule has 0 unspecified atom stereocenters. The highest BCUT2D eigenvalue weighted by atomic mass is 16.5. The van der Waals surface area contributed by atoms with E-state index in [1.54, 1.807) is 11.0 Å². The highest BCUT2D eigenvalue weighted by Gasteiger charge is 2.43. The lowest BCUT2D eigenvalue weighted by atomic mass is 9.89. The number of amides is 1. The normalized spacial score (nSPS) is 16.6. The van der Waals surface area contributed by atoms with Gasteiger partial charge in [0.1, 0.15) is 5.69 Å². The van der Waals surface area contributed by atoms with Crippen molar-refractivity contribution in [1.82, 2.24) is 10.1 Å². The van der Waals surface area contributed by atoms with E-state index in [9.17, 15) is 9.90 Å². The quantitative estimate of drug-likeness (QED) is 0.936. The topological polar surface area (TPSA) is 66.6 Å². The van der Waals surface area contributed by atoms with Crippen LogP contribution in [0, 0.1) is 0 Å². The molecule has 3 rings (SSSR count). The SMILES string of the molecule is CCCC1(O)CN(C(=O)c2cc(-c3ccccc3)no2)C1. The Bertz CT molecular complexity index is 630. The molecule has 2 aromatic rings. The smallest absolute Gasteiger partial charge is 0.292 e. The molecule has 0 aliphatic carbocycles. The van der Waals surface area contributed by atoms with Gasteiger partial charge in [-0.25, -0.2) is 0 Å². The van der Waals surface area contributed by atoms with Crippen molar-refractivity contribution in [3.8, 4) is 11.3 Å². The molecule has 1 saturated heterocycles. The average Bonchev–Trinajstić information content (AvgIpc) is 2.95. The van der Waals surface area contributed by atoms with Crippen molar-refractivity contribution >= 4 is 5.91 Å². The maximum absolute atomic E-state index is 12.2. The number of hydrogen-bond acceptors (Lipinski definition) is 4. The number of carbonyl (C=O) groups excluding carboxylic acids is 1. The van der Waals surface area contributed by atoms with Crippen molar-refractivity contribution in [2.75, 3.05) is 13.1 Å². The third-order valence-electron chi connectivity index (χ3n) is 3.76. The van der Waals surface area contributed by atoms with Crippen LogP contribution in [0.3, 0.4) is 0 Å². The van der Waals surface area contributed by atoms with Gasteiger partial charge in [-0.2, -0.15) is 0 Å². The maximum Gasteiger partial charge on any atom is 0.292 e. The summed E-state index contributed by atoms with van der Waals surface area (Å²) in [6.45, 7) is 2.74. The molecule has 1 aliphatic rings. The molecular formula is C16H18N2O3. The van der Waals surface area contributed by atoms with Crippen molar-refractivity contribution in [2.45, 2.75) is 25.4 Å². The number of aromatic nitrogens is 1. The predicted molar refractivity (Wildman–Crippen MR) is 77.7 cm³/mol. The minimum Gasteiger partial charge on any atom is -0.386 e. The number of likely N-dealkylation sites (tertiary alicyclic amines) is 1. The van der Waals surface area contributed by atoms with Crippen molar-refractivity contribution in [1.29, 1.82) is 0 Å². The summed E-state index contributed by atoms with van der Waals surface area (Å²) in [6, 6.07) is 11.2. The molecule has 0 saturated carbocycles. The highest BCUT2D eigenvalue weighted by molar-refractivity contribution is 5.93. The molecule has 1 amide bonds. The fraction of sp³-hybridized carbons (Fsp3) is 0.375. The first-order valence-electron chi connectivity index (χ1n) is 7.15. The summed E-state index contributed by atoms with van der Waals surface area (Å²) in [5.41, 5.74) is 0.821. The van der Waals surface area contributed by atoms with Gasteiger partial charge in [0.15, 0.2) is 0 Å². The van der Waals surface area contributed by atoms with E-state index < -0.39 is 5.60 Å². The van der Waals surface area contributed by atoms with E-state index in [1.165, 1.54) is 0 Å². The number of hydrogen-bond donors (Lipinski definition) is 1. The molecule has 1 fully saturated rings. The Morgan fingerprint density at radius 3 is 2.76 bits per heavy atom. The van der Waals surface area contributed by atoms with Crippen LogP contribution in [-0.2, 0) is 0 Å². The molecule has 1 aromatic heterocycles. The molecule has 110 valence electrons. The monoisotopic (exact) mass is 286 g/mol. The number of nitrogens with zero attached hydrogens (tertiary/aromatic N) is 2. The number of rotatable bonds is 4. The molecule has 21 heavy (non-hydrogen) atoms. The molecule has 0 bridgehead atoms. The molecule has 5 nitrogen and oxygen atoms in total. The molecule has 1 aromatic carbocycles. The molecule has 0 spiro atoms. The Labute approximate surface area is 123 Å². The van der Waals surface area contributed by atoms with E-state index in [0.717, 1.165) is 12.0 Å². The van der Waals surface area contributed by atoms with E-state index in [0.29, 0.717) is 25.2 Å². The zero-order valence-corrected chi connectivity index (χ0v) is 12.0. The first-order valence-corrected chi connectivity index (χ1v) is 7.15. The van der Waals surface area contributed by atoms with E-state index in [1.807, 2.05) is 37.3 Å². The van der Waals surface area contributed by atoms with Gasteiger partial charge >= 0.3 is 0 Å². The van der Waals surface area contributed by atoms with Gasteiger partial charge in [0, 0.05) is 11.6 Å². The van der Waals surface area contributed by atoms with Crippen molar-refractivity contribution < 1.29 is 14.4 Å². The molecule has 0 radical (unpaired) electrons. The predicted octanol–water partition coefficient (Wildman–Crippen LogP) is 2.33. The number of aliphatic hydroxyl groups is 1. The van der Waals surface area contributed by atoms with Crippen molar-refractivity contribution in [3.63, 3.8) is 0 Å². The molecular weight excluding hydrogens is 268 g/mol. The molecule has 0 atom stereocenters. The summed E-state index contributed by atoms with van der Waals surface area (Å²) in [5, 5.41) is 14.1. The van der Waals surface area contributed by atoms with Gasteiger partial charge in [-0.15, -0.1) is 0 Å². The second-order valence-corrected chi connectivity index (χ2v) is 5.58. The number of benzene rings is 1. The summed E-state index contributed by atoms with van der Waals surface area (Å²) in [7, 11) is 0. The van der Waals surface area contributed by atoms with E-state index >= 15 is 0 Å². The Balaban J connectivity index is 1.69. The van der Waals surface area contributed by atoms with Gasteiger partial charge in [-0.1, -0.05) is 48.8 Å². The Morgan fingerprint density at radius 2 is 2.10 bits per heavy atom. The number of carbonyl (C=O) groups is 1. The lowest BCUT2D eigenvalue weighted by molar-refractivity contribution is -0.0869. The van der Waals surface area contributed by atoms with Gasteiger partial charge in [0.05, 0.1) is 18.7 Å². The summed E-state index contributed by atoms with van der Waals surface area (Å²) >= 11 is 0. The third-order valence-corrected chi connectivity index (χ3v) is 3.76. The summed E-state index contributed by atoms with van der Waals surface area (Å²) in [5.74, 6) is -0.00198. The molecule has 1 aliphatic heterocycles. The minimum absolute atomic E-state index is 0.215. The molecule has 1 N–H and O–H groups in total. The maximum atomic E-state index is 12.2. The van der Waals surface area contributed by atoms with Crippen molar-refractivity contribution in [2.24, 2.45) is 0 Å². The van der Waals surface area contributed by atoms with Crippen LogP contribution in [0.1, 0.15) is 30.3 Å². The van der Waals surface area contributed by atoms with Crippen LogP contribution in [0.2, 0.25) is 0 Å². The van der Waals surface area contributed by atoms with Crippen LogP contribution in [0.5, 0.6) is 0 Å². The first kappa shape index (κ1) is 13.8. The summed E-state index contributed by atoms with van der Waals surface area (Å²) in [4.78, 5) is 13.8. The van der Waals surface area contributed by atoms with Crippen LogP contribution in [0.15, 0.2) is 40.9 Å². The highest BCUT2D eigenvalue weighted by Crippen LogP contribution is 2.28. The van der Waals surface area contributed by atoms with Gasteiger partial charge in [-0.05, 0) is 6.42 Å². The first-order chi connectivity index (χ1) is 10.1. The molecule has 5 heteroatoms. The third kappa shape index (κ3) is 2.69. The van der Waals surface area contributed by atoms with Crippen LogP contribution >= 0.6 is 0 Å². The van der Waals surface area contributed by atoms with Gasteiger partial charge in [0.2, 0.25) is 5.76 Å². The number of β-amino-alcohol motifs (C(OH)–C–C–N with tert-alkyl or cyclic N) is 1. The Kier molecular flexibility index (Phi) is 3.51. The average molecular weight is 286 g/mol. The largest absolute Gasteiger partial charge is 0.386 e. The van der Waals surface area contributed by atoms with Crippen molar-refractivity contribution in [3.05, 3.63) is 42.2 Å². The van der Waals surface area contributed by atoms with E-state index in [4.69, 9.17) is 4.52 Å². The van der Waals surface area contributed by atoms with Gasteiger partial charge in [0.25, 0.3) is 5.91 Å². The van der Waals surface area contributed by atoms with E-state index in [-0.39, 0.29) is 11.7 Å².